The first-order chi connectivity index (χ1) is 7.26. The molecule has 15 heavy (non-hydrogen) atoms. The number of rotatable bonds is 3. The Labute approximate surface area is 91.4 Å². The van der Waals surface area contributed by atoms with Crippen LogP contribution in [0.25, 0.3) is 0 Å². The summed E-state index contributed by atoms with van der Waals surface area (Å²) in [5.74, 6) is 1.61. The molecule has 0 saturated heterocycles. The van der Waals surface area contributed by atoms with Crippen molar-refractivity contribution < 1.29 is 4.74 Å². The SMILES string of the molecule is CCC(N)c1ccc2c(c1)C(CC)CO2. The summed E-state index contributed by atoms with van der Waals surface area (Å²) in [6.07, 6.45) is 2.12. The summed E-state index contributed by atoms with van der Waals surface area (Å²) in [6.45, 7) is 5.15. The van der Waals surface area contributed by atoms with Crippen molar-refractivity contribution in [2.24, 2.45) is 5.73 Å². The molecular formula is C13H19NO. The lowest BCUT2D eigenvalue weighted by Gasteiger charge is -2.11. The van der Waals surface area contributed by atoms with Gasteiger partial charge in [0.25, 0.3) is 0 Å². The van der Waals surface area contributed by atoms with Crippen LogP contribution in [-0.2, 0) is 0 Å². The summed E-state index contributed by atoms with van der Waals surface area (Å²) < 4.78 is 5.63. The van der Waals surface area contributed by atoms with Gasteiger partial charge in [-0.05, 0) is 24.5 Å². The molecule has 2 nitrogen and oxygen atoms in total. The Morgan fingerprint density at radius 3 is 2.93 bits per heavy atom. The molecule has 0 aliphatic carbocycles. The van der Waals surface area contributed by atoms with Crippen molar-refractivity contribution in [2.45, 2.75) is 38.6 Å². The molecule has 0 radical (unpaired) electrons. The third-order valence-corrected chi connectivity index (χ3v) is 3.27. The first kappa shape index (κ1) is 10.5. The average molecular weight is 205 g/mol. The van der Waals surface area contributed by atoms with Gasteiger partial charge in [-0.3, -0.25) is 0 Å². The predicted molar refractivity (Wildman–Crippen MR) is 62.2 cm³/mol. The van der Waals surface area contributed by atoms with E-state index < -0.39 is 0 Å². The number of benzene rings is 1. The highest BCUT2D eigenvalue weighted by molar-refractivity contribution is 5.43. The van der Waals surface area contributed by atoms with Gasteiger partial charge in [-0.25, -0.2) is 0 Å². The Hall–Kier alpha value is -1.02. The van der Waals surface area contributed by atoms with Crippen LogP contribution < -0.4 is 10.5 Å². The van der Waals surface area contributed by atoms with Gasteiger partial charge in [-0.1, -0.05) is 26.0 Å². The minimum Gasteiger partial charge on any atom is -0.493 e. The molecule has 0 amide bonds. The maximum atomic E-state index is 6.03. The molecule has 0 aromatic heterocycles. The number of hydrogen-bond donors (Lipinski definition) is 1. The zero-order valence-electron chi connectivity index (χ0n) is 9.49. The summed E-state index contributed by atoms with van der Waals surface area (Å²) in [7, 11) is 0. The topological polar surface area (TPSA) is 35.2 Å². The predicted octanol–water partition coefficient (Wildman–Crippen LogP) is 2.98. The molecule has 2 N–H and O–H groups in total. The molecule has 1 aromatic rings. The highest BCUT2D eigenvalue weighted by Gasteiger charge is 2.23. The normalized spacial score (nSPS) is 20.9. The van der Waals surface area contributed by atoms with E-state index in [9.17, 15) is 0 Å². The molecule has 2 heteroatoms. The Bertz CT molecular complexity index is 348. The van der Waals surface area contributed by atoms with Gasteiger partial charge in [-0.15, -0.1) is 0 Å². The largest absolute Gasteiger partial charge is 0.493 e. The van der Waals surface area contributed by atoms with Crippen LogP contribution in [0.5, 0.6) is 5.75 Å². The van der Waals surface area contributed by atoms with Crippen LogP contribution in [0.15, 0.2) is 18.2 Å². The van der Waals surface area contributed by atoms with E-state index in [0.29, 0.717) is 5.92 Å². The Kier molecular flexibility index (Phi) is 2.96. The van der Waals surface area contributed by atoms with Gasteiger partial charge in [0.1, 0.15) is 5.75 Å². The molecule has 0 saturated carbocycles. The Balaban J connectivity index is 2.32. The standard InChI is InChI=1S/C13H19NO/c1-3-9-8-15-13-6-5-10(7-11(9)13)12(14)4-2/h5-7,9,12H,3-4,8,14H2,1-2H3. The van der Waals surface area contributed by atoms with Crippen molar-refractivity contribution >= 4 is 0 Å². The molecule has 1 heterocycles. The zero-order chi connectivity index (χ0) is 10.8. The van der Waals surface area contributed by atoms with Crippen LogP contribution >= 0.6 is 0 Å². The summed E-state index contributed by atoms with van der Waals surface area (Å²) in [4.78, 5) is 0. The quantitative estimate of drug-likeness (QED) is 0.823. The number of ether oxygens (including phenoxy) is 1. The number of nitrogens with two attached hydrogens (primary N) is 1. The first-order valence-electron chi connectivity index (χ1n) is 5.78. The van der Waals surface area contributed by atoms with E-state index in [-0.39, 0.29) is 6.04 Å². The summed E-state index contributed by atoms with van der Waals surface area (Å²) in [5, 5.41) is 0. The van der Waals surface area contributed by atoms with E-state index >= 15 is 0 Å². The highest BCUT2D eigenvalue weighted by Crippen LogP contribution is 2.37. The second-order valence-electron chi connectivity index (χ2n) is 4.23. The van der Waals surface area contributed by atoms with E-state index in [2.05, 4.69) is 32.0 Å². The lowest BCUT2D eigenvalue weighted by atomic mass is 9.94. The van der Waals surface area contributed by atoms with E-state index in [4.69, 9.17) is 10.5 Å². The van der Waals surface area contributed by atoms with E-state index in [1.54, 1.807) is 0 Å². The zero-order valence-corrected chi connectivity index (χ0v) is 9.49. The summed E-state index contributed by atoms with van der Waals surface area (Å²) in [6, 6.07) is 6.54. The molecule has 82 valence electrons. The molecule has 1 aromatic carbocycles. The van der Waals surface area contributed by atoms with Crippen molar-refractivity contribution in [2.75, 3.05) is 6.61 Å². The van der Waals surface area contributed by atoms with Crippen LogP contribution in [0, 0.1) is 0 Å². The van der Waals surface area contributed by atoms with Gasteiger partial charge in [0.05, 0.1) is 6.61 Å². The van der Waals surface area contributed by atoms with Gasteiger partial charge < -0.3 is 10.5 Å². The molecule has 2 atom stereocenters. The third-order valence-electron chi connectivity index (χ3n) is 3.27. The average Bonchev–Trinajstić information content (AvgIpc) is 2.69. The second-order valence-corrected chi connectivity index (χ2v) is 4.23. The first-order valence-corrected chi connectivity index (χ1v) is 5.78. The highest BCUT2D eigenvalue weighted by atomic mass is 16.5. The molecule has 1 aliphatic rings. The van der Waals surface area contributed by atoms with Crippen molar-refractivity contribution in [3.8, 4) is 5.75 Å². The van der Waals surface area contributed by atoms with Gasteiger partial charge >= 0.3 is 0 Å². The van der Waals surface area contributed by atoms with Crippen molar-refractivity contribution in [1.82, 2.24) is 0 Å². The fourth-order valence-electron chi connectivity index (χ4n) is 2.10. The van der Waals surface area contributed by atoms with E-state index in [1.165, 1.54) is 11.1 Å². The maximum absolute atomic E-state index is 6.03. The maximum Gasteiger partial charge on any atom is 0.122 e. The van der Waals surface area contributed by atoms with Crippen LogP contribution in [0.3, 0.4) is 0 Å². The van der Waals surface area contributed by atoms with Crippen LogP contribution in [0.2, 0.25) is 0 Å². The number of hydrogen-bond acceptors (Lipinski definition) is 2. The fourth-order valence-corrected chi connectivity index (χ4v) is 2.10. The fraction of sp³-hybridized carbons (Fsp3) is 0.538. The molecular weight excluding hydrogens is 186 g/mol. The monoisotopic (exact) mass is 205 g/mol. The Morgan fingerprint density at radius 2 is 2.27 bits per heavy atom. The minimum absolute atomic E-state index is 0.161. The molecule has 2 rings (SSSR count). The van der Waals surface area contributed by atoms with Gasteiger partial charge in [0.15, 0.2) is 0 Å². The van der Waals surface area contributed by atoms with Gasteiger partial charge in [0, 0.05) is 17.5 Å². The van der Waals surface area contributed by atoms with Gasteiger partial charge in [-0.2, -0.15) is 0 Å². The van der Waals surface area contributed by atoms with Crippen LogP contribution in [0.1, 0.15) is 49.8 Å². The van der Waals surface area contributed by atoms with Crippen LogP contribution in [0.4, 0.5) is 0 Å². The molecule has 0 bridgehead atoms. The van der Waals surface area contributed by atoms with E-state index in [0.717, 1.165) is 25.2 Å². The Morgan fingerprint density at radius 1 is 1.47 bits per heavy atom. The van der Waals surface area contributed by atoms with E-state index in [1.807, 2.05) is 0 Å². The van der Waals surface area contributed by atoms with Crippen molar-refractivity contribution in [3.63, 3.8) is 0 Å². The van der Waals surface area contributed by atoms with Gasteiger partial charge in [0.2, 0.25) is 0 Å². The van der Waals surface area contributed by atoms with Crippen molar-refractivity contribution in [3.05, 3.63) is 29.3 Å². The molecule has 1 aliphatic heterocycles. The lowest BCUT2D eigenvalue weighted by molar-refractivity contribution is 0.328. The lowest BCUT2D eigenvalue weighted by Crippen LogP contribution is -2.08. The summed E-state index contributed by atoms with van der Waals surface area (Å²) >= 11 is 0. The summed E-state index contributed by atoms with van der Waals surface area (Å²) in [5.41, 5.74) is 8.62. The second kappa shape index (κ2) is 4.23. The van der Waals surface area contributed by atoms with Crippen molar-refractivity contribution in [1.29, 1.82) is 0 Å². The minimum atomic E-state index is 0.161. The molecule has 2 unspecified atom stereocenters. The molecule has 0 fully saturated rings. The van der Waals surface area contributed by atoms with Crippen LogP contribution in [-0.4, -0.2) is 6.61 Å². The third kappa shape index (κ3) is 1.86. The smallest absolute Gasteiger partial charge is 0.122 e. The number of fused-ring (bicyclic) bond motifs is 1. The molecule has 0 spiro atoms.